The van der Waals surface area contributed by atoms with Gasteiger partial charge in [-0.15, -0.1) is 0 Å². The lowest BCUT2D eigenvalue weighted by molar-refractivity contribution is -0.142. The first-order valence-corrected chi connectivity index (χ1v) is 7.88. The molecule has 6 heteroatoms. The molecule has 1 aromatic carbocycles. The first kappa shape index (κ1) is 14.9. The Kier molecular flexibility index (Phi) is 3.59. The fourth-order valence-corrected chi connectivity index (χ4v) is 3.59. The van der Waals surface area contributed by atoms with Crippen molar-refractivity contribution in [2.75, 3.05) is 20.5 Å². The van der Waals surface area contributed by atoms with Crippen LogP contribution >= 0.6 is 0 Å². The standard InChI is InChI=1S/C18H18O6/c1-21-15-7-11(2-4-13(15)19)17-12(8-22-18(17)20)10-3-5-14-16(6-10)24-9-23-14/h2-6,11-12,17,19H,7-9H2,1H3/t11-,12-,17+/m1/s1. The summed E-state index contributed by atoms with van der Waals surface area (Å²) in [5, 5.41) is 9.81. The summed E-state index contributed by atoms with van der Waals surface area (Å²) in [6.07, 6.45) is 3.92. The van der Waals surface area contributed by atoms with Crippen LogP contribution in [0.1, 0.15) is 17.9 Å². The quantitative estimate of drug-likeness (QED) is 0.859. The molecule has 1 aromatic rings. The molecule has 1 fully saturated rings. The van der Waals surface area contributed by atoms with E-state index >= 15 is 0 Å². The number of aliphatic hydroxyl groups is 1. The Hall–Kier alpha value is -2.63. The van der Waals surface area contributed by atoms with Gasteiger partial charge in [0.1, 0.15) is 5.76 Å². The molecule has 3 aliphatic rings. The van der Waals surface area contributed by atoms with Crippen molar-refractivity contribution < 1.29 is 28.8 Å². The van der Waals surface area contributed by atoms with E-state index in [-0.39, 0.29) is 36.3 Å². The number of carbonyl (C=O) groups excluding carboxylic acids is 1. The largest absolute Gasteiger partial charge is 0.505 e. The van der Waals surface area contributed by atoms with Crippen LogP contribution in [0, 0.1) is 11.8 Å². The van der Waals surface area contributed by atoms with Gasteiger partial charge in [0.25, 0.3) is 0 Å². The van der Waals surface area contributed by atoms with E-state index in [9.17, 15) is 9.90 Å². The number of hydrogen-bond donors (Lipinski definition) is 1. The normalized spacial score (nSPS) is 28.2. The number of carbonyl (C=O) groups is 1. The third-order valence-electron chi connectivity index (χ3n) is 4.85. The van der Waals surface area contributed by atoms with Crippen molar-refractivity contribution in [3.05, 3.63) is 47.4 Å². The van der Waals surface area contributed by atoms with Gasteiger partial charge in [-0.25, -0.2) is 0 Å². The summed E-state index contributed by atoms with van der Waals surface area (Å²) >= 11 is 0. The topological polar surface area (TPSA) is 74.2 Å². The second-order valence-corrected chi connectivity index (χ2v) is 6.11. The lowest BCUT2D eigenvalue weighted by atomic mass is 9.76. The predicted octanol–water partition coefficient (Wildman–Crippen LogP) is 2.66. The highest BCUT2D eigenvalue weighted by Crippen LogP contribution is 2.44. The van der Waals surface area contributed by atoms with E-state index in [1.807, 2.05) is 24.3 Å². The molecule has 24 heavy (non-hydrogen) atoms. The van der Waals surface area contributed by atoms with Crippen LogP contribution in [0.5, 0.6) is 11.5 Å². The fourth-order valence-electron chi connectivity index (χ4n) is 3.59. The molecular weight excluding hydrogens is 312 g/mol. The van der Waals surface area contributed by atoms with Crippen LogP contribution < -0.4 is 9.47 Å². The third-order valence-corrected chi connectivity index (χ3v) is 4.85. The van der Waals surface area contributed by atoms with Crippen LogP contribution in [0.15, 0.2) is 41.9 Å². The summed E-state index contributed by atoms with van der Waals surface area (Å²) < 4.78 is 21.3. The maximum atomic E-state index is 12.3. The highest BCUT2D eigenvalue weighted by Gasteiger charge is 2.43. The molecule has 3 atom stereocenters. The summed E-state index contributed by atoms with van der Waals surface area (Å²) in [4.78, 5) is 12.3. The second-order valence-electron chi connectivity index (χ2n) is 6.11. The van der Waals surface area contributed by atoms with Gasteiger partial charge in [0, 0.05) is 12.3 Å². The average molecular weight is 330 g/mol. The Morgan fingerprint density at radius 2 is 2.04 bits per heavy atom. The van der Waals surface area contributed by atoms with Crippen molar-refractivity contribution in [1.82, 2.24) is 0 Å². The Balaban J connectivity index is 1.62. The Bertz CT molecular complexity index is 735. The zero-order valence-corrected chi connectivity index (χ0v) is 13.2. The maximum Gasteiger partial charge on any atom is 0.310 e. The molecule has 0 radical (unpaired) electrons. The van der Waals surface area contributed by atoms with Crippen LogP contribution in [0.3, 0.4) is 0 Å². The van der Waals surface area contributed by atoms with Gasteiger partial charge in [0.05, 0.1) is 19.6 Å². The van der Waals surface area contributed by atoms with Crippen molar-refractivity contribution in [3.8, 4) is 11.5 Å². The van der Waals surface area contributed by atoms with Gasteiger partial charge < -0.3 is 24.1 Å². The molecule has 6 nitrogen and oxygen atoms in total. The zero-order chi connectivity index (χ0) is 16.7. The van der Waals surface area contributed by atoms with Crippen LogP contribution in [0.2, 0.25) is 0 Å². The van der Waals surface area contributed by atoms with Gasteiger partial charge in [0.15, 0.2) is 17.3 Å². The first-order valence-electron chi connectivity index (χ1n) is 7.88. The van der Waals surface area contributed by atoms with Crippen molar-refractivity contribution in [2.45, 2.75) is 12.3 Å². The predicted molar refractivity (Wildman–Crippen MR) is 83.7 cm³/mol. The van der Waals surface area contributed by atoms with Gasteiger partial charge in [-0.3, -0.25) is 4.79 Å². The van der Waals surface area contributed by atoms with Crippen molar-refractivity contribution in [2.24, 2.45) is 11.8 Å². The van der Waals surface area contributed by atoms with Gasteiger partial charge in [-0.1, -0.05) is 12.1 Å². The van der Waals surface area contributed by atoms with E-state index in [4.69, 9.17) is 18.9 Å². The summed E-state index contributed by atoms with van der Waals surface area (Å²) in [5.74, 6) is 1.32. The number of benzene rings is 1. The number of aliphatic hydroxyl groups excluding tert-OH is 1. The SMILES string of the molecule is COC1=C(O)C=C[C@@H]([C@@H]2C(=O)OC[C@@H]2c2ccc3c(c2)OCO3)C1. The molecule has 0 unspecified atom stereocenters. The maximum absolute atomic E-state index is 12.3. The Morgan fingerprint density at radius 1 is 1.21 bits per heavy atom. The molecule has 1 aliphatic carbocycles. The number of esters is 1. The van der Waals surface area contributed by atoms with Gasteiger partial charge >= 0.3 is 5.97 Å². The molecule has 1 N–H and O–H groups in total. The molecule has 0 saturated carbocycles. The fraction of sp³-hybridized carbons (Fsp3) is 0.389. The number of fused-ring (bicyclic) bond motifs is 1. The summed E-state index contributed by atoms with van der Waals surface area (Å²) in [6, 6.07) is 5.73. The average Bonchev–Trinajstić information content (AvgIpc) is 3.21. The minimum Gasteiger partial charge on any atom is -0.505 e. The molecule has 0 bridgehead atoms. The molecule has 2 heterocycles. The first-order chi connectivity index (χ1) is 11.7. The molecule has 1 saturated heterocycles. The summed E-state index contributed by atoms with van der Waals surface area (Å²) in [5.41, 5.74) is 0.987. The molecule has 4 rings (SSSR count). The highest BCUT2D eigenvalue weighted by atomic mass is 16.7. The van der Waals surface area contributed by atoms with Gasteiger partial charge in [0.2, 0.25) is 6.79 Å². The third kappa shape index (κ3) is 2.38. The second kappa shape index (κ2) is 5.78. The number of methoxy groups -OCH3 is 1. The van der Waals surface area contributed by atoms with Crippen LogP contribution in [0.25, 0.3) is 0 Å². The van der Waals surface area contributed by atoms with Gasteiger partial charge in [-0.05, 0) is 29.7 Å². The molecule has 2 aliphatic heterocycles. The molecule has 0 aromatic heterocycles. The lowest BCUT2D eigenvalue weighted by Crippen LogP contribution is -2.25. The summed E-state index contributed by atoms with van der Waals surface area (Å²) in [6.45, 7) is 0.556. The Morgan fingerprint density at radius 3 is 2.88 bits per heavy atom. The molecular formula is C18H18O6. The minimum absolute atomic E-state index is 0.0694. The monoisotopic (exact) mass is 330 g/mol. The van der Waals surface area contributed by atoms with Crippen LogP contribution in [-0.2, 0) is 14.3 Å². The zero-order valence-electron chi connectivity index (χ0n) is 13.2. The van der Waals surface area contributed by atoms with E-state index in [1.165, 1.54) is 7.11 Å². The number of rotatable bonds is 3. The lowest BCUT2D eigenvalue weighted by Gasteiger charge is -2.26. The number of cyclic esters (lactones) is 1. The van der Waals surface area contributed by atoms with E-state index in [2.05, 4.69) is 0 Å². The Labute approximate surface area is 139 Å². The van der Waals surface area contributed by atoms with Gasteiger partial charge in [-0.2, -0.15) is 0 Å². The van der Waals surface area contributed by atoms with Crippen molar-refractivity contribution in [3.63, 3.8) is 0 Å². The van der Waals surface area contributed by atoms with E-state index in [0.717, 1.165) is 5.56 Å². The van der Waals surface area contributed by atoms with E-state index in [0.29, 0.717) is 30.3 Å². The highest BCUT2D eigenvalue weighted by molar-refractivity contribution is 5.77. The summed E-state index contributed by atoms with van der Waals surface area (Å²) in [7, 11) is 1.52. The number of allylic oxidation sites excluding steroid dienone is 3. The van der Waals surface area contributed by atoms with Crippen LogP contribution in [0.4, 0.5) is 0 Å². The smallest absolute Gasteiger partial charge is 0.310 e. The molecule has 0 spiro atoms. The number of ether oxygens (including phenoxy) is 4. The number of hydrogen-bond acceptors (Lipinski definition) is 6. The van der Waals surface area contributed by atoms with E-state index < -0.39 is 0 Å². The van der Waals surface area contributed by atoms with Crippen molar-refractivity contribution >= 4 is 5.97 Å². The van der Waals surface area contributed by atoms with Crippen molar-refractivity contribution in [1.29, 1.82) is 0 Å². The van der Waals surface area contributed by atoms with Crippen LogP contribution in [-0.4, -0.2) is 31.6 Å². The molecule has 0 amide bonds. The minimum atomic E-state index is -0.320. The van der Waals surface area contributed by atoms with E-state index in [1.54, 1.807) is 6.08 Å². The molecule has 126 valence electrons.